The molecule has 0 spiro atoms. The highest BCUT2D eigenvalue weighted by molar-refractivity contribution is 5.71. The van der Waals surface area contributed by atoms with Crippen LogP contribution in [0.2, 0.25) is 0 Å². The number of urea groups is 1. The Hall–Kier alpha value is -2.89. The molecule has 0 unspecified atom stereocenters. The van der Waals surface area contributed by atoms with Gasteiger partial charge in [0.05, 0.1) is 22.8 Å². The van der Waals surface area contributed by atoms with Crippen LogP contribution in [0.15, 0.2) is 30.5 Å². The SMILES string of the molecule is CCc1nc2c(C)nc(C)cn2c1-c1ccc(CCNC(N)=O)cc1. The molecule has 0 aliphatic carbocycles. The first-order chi connectivity index (χ1) is 12.0. The summed E-state index contributed by atoms with van der Waals surface area (Å²) in [7, 11) is 0. The van der Waals surface area contributed by atoms with E-state index < -0.39 is 6.03 Å². The van der Waals surface area contributed by atoms with Gasteiger partial charge in [-0.2, -0.15) is 0 Å². The molecule has 3 rings (SSSR count). The van der Waals surface area contributed by atoms with E-state index in [2.05, 4.69) is 45.9 Å². The highest BCUT2D eigenvalue weighted by Crippen LogP contribution is 2.27. The average Bonchev–Trinajstić information content (AvgIpc) is 2.94. The quantitative estimate of drug-likeness (QED) is 0.751. The number of amides is 2. The fourth-order valence-electron chi connectivity index (χ4n) is 3.10. The molecule has 0 aliphatic rings. The number of aryl methyl sites for hydroxylation is 3. The third-order valence-corrected chi connectivity index (χ3v) is 4.24. The fourth-order valence-corrected chi connectivity index (χ4v) is 3.10. The molecule has 6 nitrogen and oxygen atoms in total. The van der Waals surface area contributed by atoms with Crippen molar-refractivity contribution in [2.45, 2.75) is 33.6 Å². The summed E-state index contributed by atoms with van der Waals surface area (Å²) in [5.74, 6) is 0. The first kappa shape index (κ1) is 17.0. The minimum atomic E-state index is -0.491. The predicted octanol–water partition coefficient (Wildman–Crippen LogP) is 2.79. The van der Waals surface area contributed by atoms with Gasteiger partial charge in [0.2, 0.25) is 0 Å². The lowest BCUT2D eigenvalue weighted by molar-refractivity contribution is 0.249. The number of benzene rings is 1. The Labute approximate surface area is 147 Å². The van der Waals surface area contributed by atoms with Crippen LogP contribution >= 0.6 is 0 Å². The molecule has 0 saturated carbocycles. The van der Waals surface area contributed by atoms with E-state index in [-0.39, 0.29) is 0 Å². The van der Waals surface area contributed by atoms with E-state index in [9.17, 15) is 4.79 Å². The summed E-state index contributed by atoms with van der Waals surface area (Å²) in [5.41, 5.74) is 12.4. The van der Waals surface area contributed by atoms with Gasteiger partial charge in [0.1, 0.15) is 0 Å². The number of nitrogens with one attached hydrogen (secondary N) is 1. The second kappa shape index (κ2) is 6.93. The van der Waals surface area contributed by atoms with Crippen LogP contribution in [-0.2, 0) is 12.8 Å². The Morgan fingerprint density at radius 1 is 1.20 bits per heavy atom. The Morgan fingerprint density at radius 3 is 2.56 bits per heavy atom. The third kappa shape index (κ3) is 3.47. The van der Waals surface area contributed by atoms with E-state index in [1.165, 1.54) is 0 Å². The van der Waals surface area contributed by atoms with Crippen LogP contribution in [0.5, 0.6) is 0 Å². The molecule has 0 fully saturated rings. The Kier molecular flexibility index (Phi) is 4.70. The molecule has 2 heterocycles. The predicted molar refractivity (Wildman–Crippen MR) is 98.6 cm³/mol. The van der Waals surface area contributed by atoms with E-state index >= 15 is 0 Å². The Morgan fingerprint density at radius 2 is 1.92 bits per heavy atom. The third-order valence-electron chi connectivity index (χ3n) is 4.24. The largest absolute Gasteiger partial charge is 0.352 e. The highest BCUT2D eigenvalue weighted by Gasteiger charge is 2.15. The Bertz CT molecular complexity index is 912. The second-order valence-electron chi connectivity index (χ2n) is 6.16. The van der Waals surface area contributed by atoms with Crippen molar-refractivity contribution in [1.82, 2.24) is 19.7 Å². The van der Waals surface area contributed by atoms with Crippen molar-refractivity contribution in [3.05, 3.63) is 53.1 Å². The monoisotopic (exact) mass is 337 g/mol. The van der Waals surface area contributed by atoms with Gasteiger partial charge in [-0.25, -0.2) is 9.78 Å². The average molecular weight is 337 g/mol. The fraction of sp³-hybridized carbons (Fsp3) is 0.316. The molecule has 6 heteroatoms. The van der Waals surface area contributed by atoms with E-state index in [1.54, 1.807) is 0 Å². The van der Waals surface area contributed by atoms with Gasteiger partial charge >= 0.3 is 6.03 Å². The smallest absolute Gasteiger partial charge is 0.312 e. The summed E-state index contributed by atoms with van der Waals surface area (Å²) >= 11 is 0. The van der Waals surface area contributed by atoms with Gasteiger partial charge in [-0.3, -0.25) is 9.38 Å². The van der Waals surface area contributed by atoms with Gasteiger partial charge in [0.15, 0.2) is 5.65 Å². The summed E-state index contributed by atoms with van der Waals surface area (Å²) < 4.78 is 2.14. The highest BCUT2D eigenvalue weighted by atomic mass is 16.2. The minimum absolute atomic E-state index is 0.491. The zero-order chi connectivity index (χ0) is 18.0. The first-order valence-corrected chi connectivity index (χ1v) is 8.47. The molecule has 2 amide bonds. The number of primary amides is 1. The van der Waals surface area contributed by atoms with Crippen molar-refractivity contribution in [1.29, 1.82) is 0 Å². The summed E-state index contributed by atoms with van der Waals surface area (Å²) in [5, 5.41) is 2.61. The molecule has 0 aliphatic heterocycles. The summed E-state index contributed by atoms with van der Waals surface area (Å²) in [6, 6.07) is 7.88. The molecule has 2 aromatic heterocycles. The maximum Gasteiger partial charge on any atom is 0.312 e. The second-order valence-corrected chi connectivity index (χ2v) is 6.16. The maximum atomic E-state index is 10.7. The molecule has 0 radical (unpaired) electrons. The summed E-state index contributed by atoms with van der Waals surface area (Å²) in [6.45, 7) is 6.64. The number of nitrogens with two attached hydrogens (primary N) is 1. The molecule has 3 N–H and O–H groups in total. The van der Waals surface area contributed by atoms with E-state index in [1.807, 2.05) is 20.0 Å². The first-order valence-electron chi connectivity index (χ1n) is 8.47. The zero-order valence-electron chi connectivity index (χ0n) is 14.8. The number of fused-ring (bicyclic) bond motifs is 1. The van der Waals surface area contributed by atoms with Crippen molar-refractivity contribution >= 4 is 11.7 Å². The van der Waals surface area contributed by atoms with Crippen molar-refractivity contribution in [3.63, 3.8) is 0 Å². The van der Waals surface area contributed by atoms with Crippen molar-refractivity contribution in [2.24, 2.45) is 5.73 Å². The zero-order valence-corrected chi connectivity index (χ0v) is 14.8. The lowest BCUT2D eigenvalue weighted by atomic mass is 10.0. The summed E-state index contributed by atoms with van der Waals surface area (Å²) in [4.78, 5) is 20.0. The molecule has 0 bridgehead atoms. The molecule has 0 atom stereocenters. The van der Waals surface area contributed by atoms with Crippen LogP contribution in [0.25, 0.3) is 16.9 Å². The van der Waals surface area contributed by atoms with Crippen LogP contribution in [-0.4, -0.2) is 26.9 Å². The number of imidazole rings is 1. The number of aromatic nitrogens is 3. The van der Waals surface area contributed by atoms with Gasteiger partial charge in [0.25, 0.3) is 0 Å². The van der Waals surface area contributed by atoms with Crippen LogP contribution in [0.3, 0.4) is 0 Å². The van der Waals surface area contributed by atoms with Crippen molar-refractivity contribution < 1.29 is 4.79 Å². The maximum absolute atomic E-state index is 10.7. The van der Waals surface area contributed by atoms with E-state index in [0.717, 1.165) is 52.4 Å². The van der Waals surface area contributed by atoms with Gasteiger partial charge in [-0.1, -0.05) is 31.2 Å². The number of carbonyl (C=O) groups excluding carboxylic acids is 1. The van der Waals surface area contributed by atoms with Crippen LogP contribution in [0.4, 0.5) is 4.79 Å². The molecule has 3 aromatic rings. The van der Waals surface area contributed by atoms with Gasteiger partial charge < -0.3 is 11.1 Å². The van der Waals surface area contributed by atoms with E-state index in [0.29, 0.717) is 6.54 Å². The van der Waals surface area contributed by atoms with Gasteiger partial charge in [-0.15, -0.1) is 0 Å². The molecule has 1 aromatic carbocycles. The number of nitrogens with zero attached hydrogens (tertiary/aromatic N) is 3. The van der Waals surface area contributed by atoms with Gasteiger partial charge in [0, 0.05) is 18.3 Å². The lowest BCUT2D eigenvalue weighted by Crippen LogP contribution is -2.30. The van der Waals surface area contributed by atoms with Crippen molar-refractivity contribution in [3.8, 4) is 11.3 Å². The molecule has 0 saturated heterocycles. The number of carbonyl (C=O) groups is 1. The molecule has 25 heavy (non-hydrogen) atoms. The van der Waals surface area contributed by atoms with Crippen LogP contribution in [0, 0.1) is 13.8 Å². The minimum Gasteiger partial charge on any atom is -0.352 e. The standard InChI is InChI=1S/C19H23N5O/c1-4-16-17(24-11-12(2)22-13(3)18(24)23-16)15-7-5-14(6-8-15)9-10-21-19(20)25/h5-8,11H,4,9-10H2,1-3H3,(H3,20,21,25). The summed E-state index contributed by atoms with van der Waals surface area (Å²) in [6.07, 6.45) is 3.65. The normalized spacial score (nSPS) is 11.0. The van der Waals surface area contributed by atoms with Crippen LogP contribution < -0.4 is 11.1 Å². The number of rotatable bonds is 5. The molecular weight excluding hydrogens is 314 g/mol. The lowest BCUT2D eigenvalue weighted by Gasteiger charge is -2.08. The van der Waals surface area contributed by atoms with Crippen molar-refractivity contribution in [2.75, 3.05) is 6.54 Å². The molecule has 130 valence electrons. The Balaban J connectivity index is 1.97. The van der Waals surface area contributed by atoms with E-state index in [4.69, 9.17) is 10.7 Å². The van der Waals surface area contributed by atoms with Crippen LogP contribution in [0.1, 0.15) is 29.6 Å². The molecular formula is C19H23N5O. The number of hydrogen-bond donors (Lipinski definition) is 2. The number of hydrogen-bond acceptors (Lipinski definition) is 3. The van der Waals surface area contributed by atoms with Gasteiger partial charge in [-0.05, 0) is 32.3 Å². The topological polar surface area (TPSA) is 85.3 Å².